The van der Waals surface area contributed by atoms with Crippen molar-refractivity contribution < 1.29 is 0 Å². The molecule has 108 valence electrons. The molecule has 1 heterocycles. The molecule has 3 aromatic rings. The standard InChI is InChI=1S/C15H12Br2ClN3/c1-2-21-14-11(18)4-3-5-12(14)20-15(21)9-6-8(16)7-10(17)13(9)19/h3-7H,2,19H2,1H3. The van der Waals surface area contributed by atoms with E-state index in [1.165, 1.54) is 0 Å². The summed E-state index contributed by atoms with van der Waals surface area (Å²) >= 11 is 13.3. The van der Waals surface area contributed by atoms with Gasteiger partial charge in [0, 0.05) is 21.1 Å². The number of para-hydroxylation sites is 1. The second kappa shape index (κ2) is 5.63. The van der Waals surface area contributed by atoms with Crippen LogP contribution in [-0.4, -0.2) is 9.55 Å². The third-order valence-electron chi connectivity index (χ3n) is 3.37. The fraction of sp³-hybridized carbons (Fsp3) is 0.133. The van der Waals surface area contributed by atoms with E-state index in [9.17, 15) is 0 Å². The summed E-state index contributed by atoms with van der Waals surface area (Å²) in [5.41, 5.74) is 9.57. The smallest absolute Gasteiger partial charge is 0.143 e. The molecule has 0 spiro atoms. The minimum atomic E-state index is 0.666. The van der Waals surface area contributed by atoms with Gasteiger partial charge in [0.15, 0.2) is 0 Å². The molecular weight excluding hydrogens is 417 g/mol. The van der Waals surface area contributed by atoms with Crippen molar-refractivity contribution in [3.05, 3.63) is 44.3 Å². The molecule has 0 amide bonds. The molecule has 3 nitrogen and oxygen atoms in total. The predicted octanol–water partition coefficient (Wildman–Crippen LogP) is 5.48. The largest absolute Gasteiger partial charge is 0.397 e. The number of hydrogen-bond acceptors (Lipinski definition) is 2. The van der Waals surface area contributed by atoms with E-state index in [4.69, 9.17) is 22.3 Å². The molecule has 21 heavy (non-hydrogen) atoms. The zero-order valence-corrected chi connectivity index (χ0v) is 15.1. The van der Waals surface area contributed by atoms with E-state index in [0.717, 1.165) is 37.9 Å². The second-order valence-corrected chi connectivity index (χ2v) is 6.81. The zero-order chi connectivity index (χ0) is 15.1. The predicted molar refractivity (Wildman–Crippen MR) is 95.7 cm³/mol. The molecule has 0 aliphatic carbocycles. The Morgan fingerprint density at radius 2 is 2.05 bits per heavy atom. The molecule has 0 atom stereocenters. The Morgan fingerprint density at radius 1 is 1.29 bits per heavy atom. The highest BCUT2D eigenvalue weighted by Crippen LogP contribution is 2.37. The molecule has 0 aliphatic heterocycles. The number of anilines is 1. The maximum Gasteiger partial charge on any atom is 0.143 e. The van der Waals surface area contributed by atoms with Crippen LogP contribution in [0.1, 0.15) is 6.92 Å². The lowest BCUT2D eigenvalue weighted by Crippen LogP contribution is -2.01. The first kappa shape index (κ1) is 14.9. The number of nitrogen functional groups attached to an aromatic ring is 1. The summed E-state index contributed by atoms with van der Waals surface area (Å²) in [5, 5.41) is 0.695. The van der Waals surface area contributed by atoms with Gasteiger partial charge in [-0.1, -0.05) is 33.6 Å². The van der Waals surface area contributed by atoms with Crippen molar-refractivity contribution in [2.24, 2.45) is 0 Å². The lowest BCUT2D eigenvalue weighted by atomic mass is 10.1. The maximum absolute atomic E-state index is 6.33. The van der Waals surface area contributed by atoms with Crippen LogP contribution in [0.2, 0.25) is 5.02 Å². The SMILES string of the molecule is CCn1c(-c2cc(Br)cc(Br)c2N)nc2cccc(Cl)c21. The zero-order valence-electron chi connectivity index (χ0n) is 11.2. The van der Waals surface area contributed by atoms with Crippen LogP contribution < -0.4 is 5.73 Å². The molecular formula is C15H12Br2ClN3. The quantitative estimate of drug-likeness (QED) is 0.548. The second-order valence-electron chi connectivity index (χ2n) is 4.64. The van der Waals surface area contributed by atoms with Crippen LogP contribution in [0.5, 0.6) is 0 Å². The highest BCUT2D eigenvalue weighted by atomic mass is 79.9. The van der Waals surface area contributed by atoms with E-state index in [1.54, 1.807) is 0 Å². The van der Waals surface area contributed by atoms with Crippen LogP contribution in [0, 0.1) is 0 Å². The molecule has 0 unspecified atom stereocenters. The summed E-state index contributed by atoms with van der Waals surface area (Å²) in [6, 6.07) is 9.63. The lowest BCUT2D eigenvalue weighted by molar-refractivity contribution is 0.796. The van der Waals surface area contributed by atoms with Gasteiger partial charge in [0.1, 0.15) is 5.82 Å². The van der Waals surface area contributed by atoms with E-state index in [1.807, 2.05) is 30.3 Å². The molecule has 0 saturated carbocycles. The van der Waals surface area contributed by atoms with Crippen molar-refractivity contribution in [3.63, 3.8) is 0 Å². The monoisotopic (exact) mass is 427 g/mol. The maximum atomic E-state index is 6.33. The van der Waals surface area contributed by atoms with Gasteiger partial charge in [-0.25, -0.2) is 4.98 Å². The Labute approximate surface area is 144 Å². The molecule has 0 fully saturated rings. The van der Waals surface area contributed by atoms with Crippen LogP contribution in [-0.2, 0) is 6.54 Å². The summed E-state index contributed by atoms with van der Waals surface area (Å²) in [6.45, 7) is 2.83. The molecule has 1 aromatic heterocycles. The van der Waals surface area contributed by atoms with E-state index < -0.39 is 0 Å². The summed E-state index contributed by atoms with van der Waals surface area (Å²) in [6.07, 6.45) is 0. The molecule has 6 heteroatoms. The summed E-state index contributed by atoms with van der Waals surface area (Å²) in [5.74, 6) is 0.820. The first-order valence-corrected chi connectivity index (χ1v) is 8.39. The van der Waals surface area contributed by atoms with E-state index >= 15 is 0 Å². The number of imidazole rings is 1. The van der Waals surface area contributed by atoms with Gasteiger partial charge >= 0.3 is 0 Å². The van der Waals surface area contributed by atoms with Crippen LogP contribution in [0.25, 0.3) is 22.4 Å². The highest BCUT2D eigenvalue weighted by molar-refractivity contribution is 9.11. The van der Waals surface area contributed by atoms with Gasteiger partial charge in [-0.05, 0) is 47.1 Å². The molecule has 3 rings (SSSR count). The number of fused-ring (bicyclic) bond motifs is 1. The number of nitrogens with zero attached hydrogens (tertiary/aromatic N) is 2. The van der Waals surface area contributed by atoms with Crippen molar-refractivity contribution in [3.8, 4) is 11.4 Å². The fourth-order valence-corrected chi connectivity index (χ4v) is 3.92. The number of benzene rings is 2. The van der Waals surface area contributed by atoms with Gasteiger partial charge in [-0.3, -0.25) is 0 Å². The summed E-state index contributed by atoms with van der Waals surface area (Å²) in [4.78, 5) is 4.71. The molecule has 2 aromatic carbocycles. The minimum absolute atomic E-state index is 0.666. The average Bonchev–Trinajstić information content (AvgIpc) is 2.82. The number of rotatable bonds is 2. The number of aryl methyl sites for hydroxylation is 1. The summed E-state index contributed by atoms with van der Waals surface area (Å²) in [7, 11) is 0. The molecule has 0 radical (unpaired) electrons. The van der Waals surface area contributed by atoms with Gasteiger partial charge in [0.05, 0.1) is 21.7 Å². The number of nitrogens with two attached hydrogens (primary N) is 1. The van der Waals surface area contributed by atoms with Crippen molar-refractivity contribution in [1.29, 1.82) is 0 Å². The third kappa shape index (κ3) is 2.47. The first-order valence-electron chi connectivity index (χ1n) is 6.42. The van der Waals surface area contributed by atoms with Crippen LogP contribution in [0.4, 0.5) is 5.69 Å². The normalized spacial score (nSPS) is 11.2. The van der Waals surface area contributed by atoms with Crippen molar-refractivity contribution in [2.45, 2.75) is 13.5 Å². The average molecular weight is 430 g/mol. The lowest BCUT2D eigenvalue weighted by Gasteiger charge is -2.11. The number of halogens is 3. The van der Waals surface area contributed by atoms with Gasteiger partial charge in [-0.15, -0.1) is 0 Å². The molecule has 0 bridgehead atoms. The van der Waals surface area contributed by atoms with Crippen molar-refractivity contribution in [2.75, 3.05) is 5.73 Å². The number of hydrogen-bond donors (Lipinski definition) is 1. The Morgan fingerprint density at radius 3 is 2.76 bits per heavy atom. The highest BCUT2D eigenvalue weighted by Gasteiger charge is 2.17. The minimum Gasteiger partial charge on any atom is -0.397 e. The Kier molecular flexibility index (Phi) is 3.99. The summed E-state index contributed by atoms with van der Waals surface area (Å²) < 4.78 is 3.87. The van der Waals surface area contributed by atoms with Gasteiger partial charge < -0.3 is 10.3 Å². The Hall–Kier alpha value is -1.04. The van der Waals surface area contributed by atoms with Gasteiger partial charge in [-0.2, -0.15) is 0 Å². The van der Waals surface area contributed by atoms with Crippen LogP contribution >= 0.6 is 43.5 Å². The van der Waals surface area contributed by atoms with Gasteiger partial charge in [0.25, 0.3) is 0 Å². The van der Waals surface area contributed by atoms with E-state index in [0.29, 0.717) is 10.7 Å². The molecule has 2 N–H and O–H groups in total. The topological polar surface area (TPSA) is 43.8 Å². The van der Waals surface area contributed by atoms with Gasteiger partial charge in [0.2, 0.25) is 0 Å². The van der Waals surface area contributed by atoms with Crippen molar-refractivity contribution >= 4 is 60.2 Å². The fourth-order valence-electron chi connectivity index (χ4n) is 2.43. The third-order valence-corrected chi connectivity index (χ3v) is 4.79. The Balaban J connectivity index is 2.38. The number of aromatic nitrogens is 2. The van der Waals surface area contributed by atoms with E-state index in [-0.39, 0.29) is 0 Å². The molecule has 0 aliphatic rings. The Bertz CT molecular complexity index is 843. The van der Waals surface area contributed by atoms with Crippen LogP contribution in [0.15, 0.2) is 39.3 Å². The first-order chi connectivity index (χ1) is 10.0. The van der Waals surface area contributed by atoms with Crippen molar-refractivity contribution in [1.82, 2.24) is 9.55 Å². The molecule has 0 saturated heterocycles. The van der Waals surface area contributed by atoms with E-state index in [2.05, 4.69) is 43.4 Å². The van der Waals surface area contributed by atoms with Crippen LogP contribution in [0.3, 0.4) is 0 Å².